The van der Waals surface area contributed by atoms with Gasteiger partial charge in [-0.25, -0.2) is 0 Å². The Morgan fingerprint density at radius 3 is 1.91 bits per heavy atom. The van der Waals surface area contributed by atoms with Gasteiger partial charge in [-0.3, -0.25) is 9.59 Å². The Morgan fingerprint density at radius 1 is 1.00 bits per heavy atom. The van der Waals surface area contributed by atoms with Crippen molar-refractivity contribution < 1.29 is 24.2 Å². The fourth-order valence-electron chi connectivity index (χ4n) is 2.83. The van der Waals surface area contributed by atoms with Gasteiger partial charge in [0, 0.05) is 12.8 Å². The monoisotopic (exact) mass is 322 g/mol. The van der Waals surface area contributed by atoms with Crippen LogP contribution in [0.5, 0.6) is 5.75 Å². The van der Waals surface area contributed by atoms with E-state index in [0.29, 0.717) is 25.7 Å². The van der Waals surface area contributed by atoms with Crippen LogP contribution >= 0.6 is 0 Å². The molecule has 1 aromatic rings. The maximum atomic E-state index is 11.3. The summed E-state index contributed by atoms with van der Waals surface area (Å²) in [6.45, 7) is 2.05. The van der Waals surface area contributed by atoms with Crippen molar-refractivity contribution in [1.29, 1.82) is 0 Å². The quantitative estimate of drug-likeness (QED) is 0.706. The molecule has 0 saturated heterocycles. The summed E-state index contributed by atoms with van der Waals surface area (Å²) in [6, 6.07) is 7.22. The number of hydrogen-bond acceptors (Lipinski definition) is 5. The van der Waals surface area contributed by atoms with Crippen LogP contribution in [0.4, 0.5) is 0 Å². The van der Waals surface area contributed by atoms with Gasteiger partial charge < -0.3 is 14.6 Å². The standard InChI is InChI=1S/C18H26O5/c1-18(12-6-10-16(20)22-2,13-7-11-17(21)23-3)14-8-4-5-9-15(14)19/h4-5,8-9,19H,6-7,10-13H2,1-3H3. The van der Waals surface area contributed by atoms with Crippen molar-refractivity contribution >= 4 is 11.9 Å². The van der Waals surface area contributed by atoms with Gasteiger partial charge in [-0.05, 0) is 42.7 Å². The molecule has 1 aromatic carbocycles. The van der Waals surface area contributed by atoms with Crippen molar-refractivity contribution in [2.75, 3.05) is 14.2 Å². The molecular weight excluding hydrogens is 296 g/mol. The minimum absolute atomic E-state index is 0.237. The number of carbonyl (C=O) groups is 2. The molecule has 1 rings (SSSR count). The molecule has 0 fully saturated rings. The van der Waals surface area contributed by atoms with Gasteiger partial charge in [-0.2, -0.15) is 0 Å². The number of carbonyl (C=O) groups excluding carboxylic acids is 2. The molecular formula is C18H26O5. The maximum absolute atomic E-state index is 11.3. The topological polar surface area (TPSA) is 72.8 Å². The molecule has 5 heteroatoms. The van der Waals surface area contributed by atoms with Crippen molar-refractivity contribution in [1.82, 2.24) is 0 Å². The number of para-hydroxylation sites is 1. The molecule has 0 saturated carbocycles. The average Bonchev–Trinajstić information content (AvgIpc) is 2.54. The van der Waals surface area contributed by atoms with Crippen LogP contribution in [0.15, 0.2) is 24.3 Å². The van der Waals surface area contributed by atoms with E-state index in [2.05, 4.69) is 16.4 Å². The van der Waals surface area contributed by atoms with E-state index in [1.807, 2.05) is 12.1 Å². The van der Waals surface area contributed by atoms with Crippen LogP contribution in [0.25, 0.3) is 0 Å². The Morgan fingerprint density at radius 2 is 1.48 bits per heavy atom. The molecule has 0 amide bonds. The molecule has 0 aliphatic heterocycles. The first-order chi connectivity index (χ1) is 10.9. The van der Waals surface area contributed by atoms with Crippen LogP contribution in [0.1, 0.15) is 51.0 Å². The van der Waals surface area contributed by atoms with Crippen LogP contribution < -0.4 is 0 Å². The third kappa shape index (κ3) is 5.93. The third-order valence-corrected chi connectivity index (χ3v) is 4.23. The molecule has 0 aromatic heterocycles. The van der Waals surface area contributed by atoms with Crippen LogP contribution in [-0.2, 0) is 24.5 Å². The SMILES string of the molecule is COC(=O)CCCC(C)(CCCC(=O)OC)c1ccccc1O. The highest BCUT2D eigenvalue weighted by Crippen LogP contribution is 2.39. The van der Waals surface area contributed by atoms with Crippen molar-refractivity contribution in [3.05, 3.63) is 29.8 Å². The van der Waals surface area contributed by atoms with Crippen molar-refractivity contribution in [2.45, 2.75) is 50.9 Å². The van der Waals surface area contributed by atoms with Gasteiger partial charge in [0.1, 0.15) is 5.75 Å². The summed E-state index contributed by atoms with van der Waals surface area (Å²) in [5.41, 5.74) is 0.530. The minimum atomic E-state index is -0.312. The van der Waals surface area contributed by atoms with Crippen LogP contribution in [-0.4, -0.2) is 31.3 Å². The molecule has 0 radical (unpaired) electrons. The summed E-state index contributed by atoms with van der Waals surface area (Å²) in [4.78, 5) is 22.6. The molecule has 1 N–H and O–H groups in total. The summed E-state index contributed by atoms with van der Waals surface area (Å²) in [7, 11) is 2.75. The van der Waals surface area contributed by atoms with E-state index >= 15 is 0 Å². The van der Waals surface area contributed by atoms with Gasteiger partial charge in [0.05, 0.1) is 14.2 Å². The van der Waals surface area contributed by atoms with E-state index in [0.717, 1.165) is 18.4 Å². The Labute approximate surface area is 137 Å². The molecule has 5 nitrogen and oxygen atoms in total. The fourth-order valence-corrected chi connectivity index (χ4v) is 2.83. The number of phenols is 1. The number of methoxy groups -OCH3 is 2. The second-order valence-corrected chi connectivity index (χ2v) is 5.94. The fraction of sp³-hybridized carbons (Fsp3) is 0.556. The number of ether oxygens (including phenoxy) is 2. The van der Waals surface area contributed by atoms with E-state index in [-0.39, 0.29) is 23.1 Å². The van der Waals surface area contributed by atoms with Crippen molar-refractivity contribution in [3.63, 3.8) is 0 Å². The Balaban J connectivity index is 2.80. The number of aromatic hydroxyl groups is 1. The summed E-state index contributed by atoms with van der Waals surface area (Å²) in [5, 5.41) is 10.2. The predicted octanol–water partition coefficient (Wildman–Crippen LogP) is 3.34. The molecule has 0 bridgehead atoms. The van der Waals surface area contributed by atoms with E-state index in [1.54, 1.807) is 12.1 Å². The second-order valence-electron chi connectivity index (χ2n) is 5.94. The zero-order valence-electron chi connectivity index (χ0n) is 14.1. The zero-order chi connectivity index (χ0) is 17.3. The number of esters is 2. The van der Waals surface area contributed by atoms with Crippen molar-refractivity contribution in [3.8, 4) is 5.75 Å². The first kappa shape index (κ1) is 19.0. The Hall–Kier alpha value is -2.04. The molecule has 0 atom stereocenters. The van der Waals surface area contributed by atoms with E-state index in [9.17, 15) is 14.7 Å². The predicted molar refractivity (Wildman–Crippen MR) is 87.2 cm³/mol. The molecule has 0 heterocycles. The number of rotatable bonds is 9. The van der Waals surface area contributed by atoms with E-state index in [4.69, 9.17) is 0 Å². The smallest absolute Gasteiger partial charge is 0.305 e. The lowest BCUT2D eigenvalue weighted by Gasteiger charge is -2.31. The summed E-state index contributed by atoms with van der Waals surface area (Å²) >= 11 is 0. The highest BCUT2D eigenvalue weighted by Gasteiger charge is 2.29. The van der Waals surface area contributed by atoms with Crippen molar-refractivity contribution in [2.24, 2.45) is 0 Å². The molecule has 0 unspecified atom stereocenters. The van der Waals surface area contributed by atoms with Crippen LogP contribution in [0, 0.1) is 0 Å². The minimum Gasteiger partial charge on any atom is -0.508 e. The first-order valence-electron chi connectivity index (χ1n) is 7.85. The van der Waals surface area contributed by atoms with Gasteiger partial charge >= 0.3 is 11.9 Å². The Bertz CT molecular complexity index is 502. The Kier molecular flexibility index (Phi) is 7.59. The second kappa shape index (κ2) is 9.18. The molecule has 128 valence electrons. The lowest BCUT2D eigenvalue weighted by atomic mass is 9.74. The zero-order valence-corrected chi connectivity index (χ0v) is 14.1. The summed E-state index contributed by atoms with van der Waals surface area (Å²) < 4.78 is 9.34. The molecule has 0 spiro atoms. The third-order valence-electron chi connectivity index (χ3n) is 4.23. The lowest BCUT2D eigenvalue weighted by Crippen LogP contribution is -2.23. The van der Waals surface area contributed by atoms with Crippen LogP contribution in [0.2, 0.25) is 0 Å². The number of phenolic OH excluding ortho intramolecular Hbond substituents is 1. The lowest BCUT2D eigenvalue weighted by molar-refractivity contribution is -0.141. The van der Waals surface area contributed by atoms with Gasteiger partial charge in [-0.1, -0.05) is 25.1 Å². The molecule has 0 aliphatic carbocycles. The molecule has 23 heavy (non-hydrogen) atoms. The highest BCUT2D eigenvalue weighted by atomic mass is 16.5. The van der Waals surface area contributed by atoms with Gasteiger partial charge in [-0.15, -0.1) is 0 Å². The first-order valence-corrected chi connectivity index (χ1v) is 7.85. The average molecular weight is 322 g/mol. The normalized spacial score (nSPS) is 11.1. The summed E-state index contributed by atoms with van der Waals surface area (Å²) in [6.07, 6.45) is 3.46. The molecule has 0 aliphatic rings. The van der Waals surface area contributed by atoms with Crippen LogP contribution in [0.3, 0.4) is 0 Å². The van der Waals surface area contributed by atoms with E-state index in [1.165, 1.54) is 14.2 Å². The largest absolute Gasteiger partial charge is 0.508 e. The number of hydrogen-bond donors (Lipinski definition) is 1. The highest BCUT2D eigenvalue weighted by molar-refractivity contribution is 5.69. The van der Waals surface area contributed by atoms with E-state index < -0.39 is 0 Å². The maximum Gasteiger partial charge on any atom is 0.305 e. The van der Waals surface area contributed by atoms with Gasteiger partial charge in [0.2, 0.25) is 0 Å². The van der Waals surface area contributed by atoms with Gasteiger partial charge in [0.25, 0.3) is 0 Å². The number of benzene rings is 1. The summed E-state index contributed by atoms with van der Waals surface area (Å²) in [5.74, 6) is -0.232. The van der Waals surface area contributed by atoms with Gasteiger partial charge in [0.15, 0.2) is 0 Å².